The van der Waals surface area contributed by atoms with Crippen molar-refractivity contribution in [2.45, 2.75) is 50.8 Å². The Hall–Kier alpha value is -0.950. The number of rotatable bonds is 6. The largest absolute Gasteiger partial charge is 0.373 e. The van der Waals surface area contributed by atoms with Crippen molar-refractivity contribution in [3.8, 4) is 0 Å². The van der Waals surface area contributed by atoms with Crippen molar-refractivity contribution < 1.29 is 13.2 Å². The summed E-state index contributed by atoms with van der Waals surface area (Å²) < 4.78 is 32.4. The highest BCUT2D eigenvalue weighted by Crippen LogP contribution is 2.38. The van der Waals surface area contributed by atoms with Crippen molar-refractivity contribution in [3.63, 3.8) is 0 Å². The number of hydrogen-bond acceptors (Lipinski definition) is 4. The van der Waals surface area contributed by atoms with E-state index in [1.165, 1.54) is 5.56 Å². The zero-order valence-corrected chi connectivity index (χ0v) is 16.2. The molecule has 2 fully saturated rings. The molecular weight excluding hydrogens is 336 g/mol. The maximum absolute atomic E-state index is 12.2. The first-order valence-corrected chi connectivity index (χ1v) is 10.9. The number of hydrogen-bond donors (Lipinski definition) is 0. The smallest absolute Gasteiger partial charge is 0.214 e. The summed E-state index contributed by atoms with van der Waals surface area (Å²) in [6, 6.07) is 10.9. The molecule has 0 radical (unpaired) electrons. The quantitative estimate of drug-likeness (QED) is 0.776. The maximum atomic E-state index is 12.2. The summed E-state index contributed by atoms with van der Waals surface area (Å²) in [5.74, 6) is 0.253. The van der Waals surface area contributed by atoms with Crippen LogP contribution in [0.15, 0.2) is 30.3 Å². The molecule has 25 heavy (non-hydrogen) atoms. The molecule has 1 spiro atoms. The van der Waals surface area contributed by atoms with Crippen LogP contribution < -0.4 is 0 Å². The zero-order valence-electron chi connectivity index (χ0n) is 15.4. The molecule has 0 aliphatic carbocycles. The van der Waals surface area contributed by atoms with Gasteiger partial charge < -0.3 is 4.74 Å². The van der Waals surface area contributed by atoms with Crippen molar-refractivity contribution in [1.29, 1.82) is 0 Å². The Kier molecular flexibility index (Phi) is 5.83. The molecule has 0 aromatic heterocycles. The lowest BCUT2D eigenvalue weighted by molar-refractivity contribution is -0.0316. The van der Waals surface area contributed by atoms with E-state index in [0.717, 1.165) is 32.4 Å². The normalized spacial score (nSPS) is 24.2. The Morgan fingerprint density at radius 1 is 1.24 bits per heavy atom. The van der Waals surface area contributed by atoms with Gasteiger partial charge in [-0.1, -0.05) is 37.3 Å². The van der Waals surface area contributed by atoms with E-state index < -0.39 is 10.0 Å². The average Bonchev–Trinajstić information content (AvgIpc) is 3.00. The summed E-state index contributed by atoms with van der Waals surface area (Å²) >= 11 is 0. The van der Waals surface area contributed by atoms with Crippen LogP contribution in [0.5, 0.6) is 0 Å². The molecule has 2 heterocycles. The van der Waals surface area contributed by atoms with Gasteiger partial charge >= 0.3 is 0 Å². The number of sulfonamides is 1. The monoisotopic (exact) mass is 366 g/mol. The highest BCUT2D eigenvalue weighted by Gasteiger charge is 2.45. The van der Waals surface area contributed by atoms with Gasteiger partial charge in [0.05, 0.1) is 18.0 Å². The molecule has 5 nitrogen and oxygen atoms in total. The van der Waals surface area contributed by atoms with Crippen LogP contribution in [0, 0.1) is 0 Å². The Balaban J connectivity index is 1.54. The molecule has 3 rings (SSSR count). The fourth-order valence-corrected chi connectivity index (χ4v) is 5.52. The Labute approximate surface area is 152 Å². The van der Waals surface area contributed by atoms with Crippen molar-refractivity contribution in [3.05, 3.63) is 35.9 Å². The molecule has 6 heteroatoms. The molecular formula is C19H30N2O3S. The highest BCUT2D eigenvalue weighted by atomic mass is 32.2. The number of ether oxygens (including phenoxy) is 1. The Bertz CT molecular complexity index is 655. The first-order valence-electron chi connectivity index (χ1n) is 9.30. The summed E-state index contributed by atoms with van der Waals surface area (Å²) in [5.41, 5.74) is 1.18. The molecule has 0 amide bonds. The highest BCUT2D eigenvalue weighted by molar-refractivity contribution is 7.89. The minimum Gasteiger partial charge on any atom is -0.373 e. The van der Waals surface area contributed by atoms with Crippen LogP contribution in [0.2, 0.25) is 0 Å². The van der Waals surface area contributed by atoms with E-state index in [9.17, 15) is 8.42 Å². The SMILES string of the molecule is CCCS(=O)(=O)N1CCC2(CC1)C[C@@H](N(C)Cc1ccccc1)CO2. The lowest BCUT2D eigenvalue weighted by atomic mass is 9.88. The van der Waals surface area contributed by atoms with Crippen molar-refractivity contribution in [2.75, 3.05) is 32.5 Å². The molecule has 0 bridgehead atoms. The number of piperidine rings is 1. The summed E-state index contributed by atoms with van der Waals surface area (Å²) in [6.07, 6.45) is 3.29. The standard InChI is InChI=1S/C19H30N2O3S/c1-3-13-25(22,23)21-11-9-19(10-12-21)14-18(16-24-19)20(2)15-17-7-5-4-6-8-17/h4-8,18H,3,9-16H2,1-2H3/t18-/m1/s1. The molecule has 1 atom stereocenters. The molecule has 2 saturated heterocycles. The third-order valence-electron chi connectivity index (χ3n) is 5.58. The van der Waals surface area contributed by atoms with Crippen LogP contribution in [0.3, 0.4) is 0 Å². The molecule has 1 aromatic rings. The van der Waals surface area contributed by atoms with Crippen LogP contribution in [-0.2, 0) is 21.3 Å². The summed E-state index contributed by atoms with van der Waals surface area (Å²) in [4.78, 5) is 2.37. The predicted octanol–water partition coefficient (Wildman–Crippen LogP) is 2.48. The van der Waals surface area contributed by atoms with Crippen LogP contribution in [0.4, 0.5) is 0 Å². The van der Waals surface area contributed by atoms with Gasteiger partial charge in [-0.25, -0.2) is 12.7 Å². The maximum Gasteiger partial charge on any atom is 0.214 e. The summed E-state index contributed by atoms with van der Waals surface area (Å²) in [7, 11) is -0.929. The van der Waals surface area contributed by atoms with E-state index in [-0.39, 0.29) is 11.4 Å². The third-order valence-corrected chi connectivity index (χ3v) is 7.65. The topological polar surface area (TPSA) is 49.9 Å². The lowest BCUT2D eigenvalue weighted by Gasteiger charge is -2.38. The number of benzene rings is 1. The van der Waals surface area contributed by atoms with E-state index in [0.29, 0.717) is 25.6 Å². The first kappa shape index (κ1) is 18.8. The van der Waals surface area contributed by atoms with Crippen molar-refractivity contribution in [2.24, 2.45) is 0 Å². The average molecular weight is 367 g/mol. The van der Waals surface area contributed by atoms with Crippen LogP contribution in [-0.4, -0.2) is 61.8 Å². The molecule has 1 aromatic carbocycles. The molecule has 2 aliphatic heterocycles. The van der Waals surface area contributed by atoms with Gasteiger partial charge in [0, 0.05) is 25.7 Å². The predicted molar refractivity (Wildman–Crippen MR) is 99.9 cm³/mol. The molecule has 0 unspecified atom stereocenters. The van der Waals surface area contributed by atoms with Crippen LogP contribution >= 0.6 is 0 Å². The van der Waals surface area contributed by atoms with Gasteiger partial charge in [0.2, 0.25) is 10.0 Å². The molecule has 0 saturated carbocycles. The van der Waals surface area contributed by atoms with Gasteiger partial charge in [0.25, 0.3) is 0 Å². The van der Waals surface area contributed by atoms with Crippen molar-refractivity contribution >= 4 is 10.0 Å². The third kappa shape index (κ3) is 4.42. The fourth-order valence-electron chi connectivity index (χ4n) is 4.01. The van der Waals surface area contributed by atoms with E-state index in [1.807, 2.05) is 13.0 Å². The van der Waals surface area contributed by atoms with E-state index in [2.05, 4.69) is 36.2 Å². The van der Waals surface area contributed by atoms with Gasteiger partial charge in [0.1, 0.15) is 0 Å². The molecule has 140 valence electrons. The van der Waals surface area contributed by atoms with Crippen LogP contribution in [0.25, 0.3) is 0 Å². The van der Waals surface area contributed by atoms with Gasteiger partial charge in [-0.15, -0.1) is 0 Å². The number of nitrogens with zero attached hydrogens (tertiary/aromatic N) is 2. The second kappa shape index (κ2) is 7.74. The van der Waals surface area contributed by atoms with E-state index in [4.69, 9.17) is 4.74 Å². The van der Waals surface area contributed by atoms with E-state index >= 15 is 0 Å². The Morgan fingerprint density at radius 3 is 2.56 bits per heavy atom. The fraction of sp³-hybridized carbons (Fsp3) is 0.684. The van der Waals surface area contributed by atoms with E-state index in [1.54, 1.807) is 4.31 Å². The Morgan fingerprint density at radius 2 is 1.92 bits per heavy atom. The lowest BCUT2D eigenvalue weighted by Crippen LogP contribution is -2.47. The summed E-state index contributed by atoms with van der Waals surface area (Å²) in [6.45, 7) is 4.76. The zero-order chi connectivity index (χ0) is 17.9. The molecule has 0 N–H and O–H groups in total. The van der Waals surface area contributed by atoms with Crippen LogP contribution in [0.1, 0.15) is 38.2 Å². The minimum absolute atomic E-state index is 0.131. The minimum atomic E-state index is -3.08. The van der Waals surface area contributed by atoms with Gasteiger partial charge in [0.15, 0.2) is 0 Å². The number of likely N-dealkylation sites (N-methyl/N-ethyl adjacent to an activating group) is 1. The van der Waals surface area contributed by atoms with Gasteiger partial charge in [-0.3, -0.25) is 4.90 Å². The summed E-state index contributed by atoms with van der Waals surface area (Å²) in [5, 5.41) is 0. The molecule has 2 aliphatic rings. The second-order valence-electron chi connectivity index (χ2n) is 7.47. The van der Waals surface area contributed by atoms with Gasteiger partial charge in [-0.05, 0) is 38.3 Å². The second-order valence-corrected chi connectivity index (χ2v) is 9.56. The first-order chi connectivity index (χ1) is 11.9. The van der Waals surface area contributed by atoms with Gasteiger partial charge in [-0.2, -0.15) is 0 Å². The van der Waals surface area contributed by atoms with Crippen molar-refractivity contribution in [1.82, 2.24) is 9.21 Å².